The molecular weight excluding hydrogens is 592 g/mol. The number of hydrogen-bond acceptors (Lipinski definition) is 4. The largest absolute Gasteiger partial charge is 0.480 e. The van der Waals surface area contributed by atoms with Crippen molar-refractivity contribution in [2.75, 3.05) is 6.61 Å². The number of fused-ring (bicyclic) bond motifs is 1. The average Bonchev–Trinajstić information content (AvgIpc) is 3.22. The molecule has 0 aliphatic carbocycles. The van der Waals surface area contributed by atoms with Gasteiger partial charge in [0, 0.05) is 32.4 Å². The van der Waals surface area contributed by atoms with Gasteiger partial charge in [-0.15, -0.1) is 0 Å². The van der Waals surface area contributed by atoms with E-state index in [0.717, 1.165) is 25.7 Å². The molecule has 4 aromatic rings. The second-order valence-corrected chi connectivity index (χ2v) is 9.05. The molecule has 0 atom stereocenters. The van der Waals surface area contributed by atoms with Crippen LogP contribution < -0.4 is 10.2 Å². The van der Waals surface area contributed by atoms with Gasteiger partial charge in [-0.05, 0) is 64.5 Å². The number of ether oxygens (including phenoxy) is 1. The lowest BCUT2D eigenvalue weighted by Gasteiger charge is -2.11. The topological polar surface area (TPSA) is 68.5 Å². The highest BCUT2D eigenvalue weighted by atomic mass is 79.9. The van der Waals surface area contributed by atoms with Crippen molar-refractivity contribution in [3.63, 3.8) is 0 Å². The van der Waals surface area contributed by atoms with E-state index in [4.69, 9.17) is 4.74 Å². The smallest absolute Gasteiger partial charge is 0.277 e. The molecule has 2 aromatic carbocycles. The normalized spacial score (nSPS) is 11.2. The van der Waals surface area contributed by atoms with Gasteiger partial charge in [0.2, 0.25) is 0 Å². The second-order valence-electron chi connectivity index (χ2n) is 6.43. The number of carbonyl (C=O) groups is 1. The number of halogens is 3. The number of amides is 1. The number of hydrogen-bond donors (Lipinski definition) is 1. The standard InChI is InChI=1S/C22H15Br3N4O2/c23-14-5-7-15(8-6-14)29-10-2-3-16(29)12-27-28-20(30)13-31-22-19(25)11-18(24)17-4-1-9-26-21(17)22/h1-12H,13H2,(H,28,30)/b27-12+. The Morgan fingerprint density at radius 2 is 1.90 bits per heavy atom. The van der Waals surface area contributed by atoms with Crippen molar-refractivity contribution < 1.29 is 9.53 Å². The maximum atomic E-state index is 12.2. The van der Waals surface area contributed by atoms with Crippen LogP contribution in [0.15, 0.2) is 85.5 Å². The van der Waals surface area contributed by atoms with Crippen LogP contribution in [0.2, 0.25) is 0 Å². The summed E-state index contributed by atoms with van der Waals surface area (Å²) in [7, 11) is 0. The van der Waals surface area contributed by atoms with E-state index in [-0.39, 0.29) is 12.5 Å². The zero-order valence-corrected chi connectivity index (χ0v) is 20.7. The van der Waals surface area contributed by atoms with Gasteiger partial charge in [-0.25, -0.2) is 5.43 Å². The van der Waals surface area contributed by atoms with E-state index in [9.17, 15) is 4.79 Å². The Morgan fingerprint density at radius 3 is 2.71 bits per heavy atom. The van der Waals surface area contributed by atoms with Crippen molar-refractivity contribution in [3.05, 3.63) is 86.1 Å². The molecule has 2 aromatic heterocycles. The first kappa shape index (κ1) is 21.7. The van der Waals surface area contributed by atoms with Crippen molar-refractivity contribution in [2.45, 2.75) is 0 Å². The minimum atomic E-state index is -0.378. The minimum absolute atomic E-state index is 0.197. The third-order valence-electron chi connectivity index (χ3n) is 4.37. The van der Waals surface area contributed by atoms with Crippen LogP contribution in [-0.4, -0.2) is 28.3 Å². The van der Waals surface area contributed by atoms with Gasteiger partial charge in [0.1, 0.15) is 5.52 Å². The molecule has 0 bridgehead atoms. The van der Waals surface area contributed by atoms with Crippen molar-refractivity contribution in [2.24, 2.45) is 5.10 Å². The molecule has 0 unspecified atom stereocenters. The quantitative estimate of drug-likeness (QED) is 0.221. The number of benzene rings is 2. The van der Waals surface area contributed by atoms with Crippen LogP contribution in [-0.2, 0) is 4.79 Å². The molecule has 1 N–H and O–H groups in total. The molecule has 31 heavy (non-hydrogen) atoms. The number of nitrogens with zero attached hydrogens (tertiary/aromatic N) is 3. The Bertz CT molecular complexity index is 1270. The fourth-order valence-electron chi connectivity index (χ4n) is 2.96. The van der Waals surface area contributed by atoms with Crippen molar-refractivity contribution >= 4 is 70.8 Å². The zero-order chi connectivity index (χ0) is 21.8. The molecule has 0 aliphatic rings. The van der Waals surface area contributed by atoms with Crippen molar-refractivity contribution in [1.29, 1.82) is 0 Å². The summed E-state index contributed by atoms with van der Waals surface area (Å²) in [5.74, 6) is 0.124. The zero-order valence-electron chi connectivity index (χ0n) is 15.9. The monoisotopic (exact) mass is 604 g/mol. The predicted octanol–water partition coefficient (Wildman–Crippen LogP) is 5.84. The molecule has 156 valence electrons. The van der Waals surface area contributed by atoms with Crippen LogP contribution in [0.4, 0.5) is 0 Å². The van der Waals surface area contributed by atoms with E-state index in [1.165, 1.54) is 0 Å². The molecule has 9 heteroatoms. The van der Waals surface area contributed by atoms with Gasteiger partial charge >= 0.3 is 0 Å². The summed E-state index contributed by atoms with van der Waals surface area (Å²) in [5, 5.41) is 4.96. The van der Waals surface area contributed by atoms with Crippen molar-refractivity contribution in [3.8, 4) is 11.4 Å². The van der Waals surface area contributed by atoms with Crippen LogP contribution in [0.1, 0.15) is 5.69 Å². The lowest BCUT2D eigenvalue weighted by Crippen LogP contribution is -2.25. The fourth-order valence-corrected chi connectivity index (χ4v) is 4.61. The SMILES string of the molecule is O=C(COc1c(Br)cc(Br)c2cccnc12)N/N=C/c1cccn1-c1ccc(Br)cc1. The van der Waals surface area contributed by atoms with Crippen LogP contribution in [0, 0.1) is 0 Å². The fraction of sp³-hybridized carbons (Fsp3) is 0.0455. The lowest BCUT2D eigenvalue weighted by atomic mass is 10.2. The minimum Gasteiger partial charge on any atom is -0.480 e. The molecule has 6 nitrogen and oxygen atoms in total. The summed E-state index contributed by atoms with van der Waals surface area (Å²) in [6.45, 7) is -0.197. The van der Waals surface area contributed by atoms with E-state index >= 15 is 0 Å². The maximum absolute atomic E-state index is 12.2. The lowest BCUT2D eigenvalue weighted by molar-refractivity contribution is -0.123. The van der Waals surface area contributed by atoms with Gasteiger partial charge < -0.3 is 9.30 Å². The third-order valence-corrected chi connectivity index (χ3v) is 6.14. The highest BCUT2D eigenvalue weighted by Gasteiger charge is 2.13. The molecule has 0 saturated heterocycles. The molecule has 2 heterocycles. The van der Waals surface area contributed by atoms with Crippen molar-refractivity contribution in [1.82, 2.24) is 15.0 Å². The van der Waals surface area contributed by atoms with E-state index in [1.807, 2.05) is 65.4 Å². The Hall–Kier alpha value is -2.49. The average molecular weight is 607 g/mol. The molecule has 0 fully saturated rings. The van der Waals surface area contributed by atoms with Crippen LogP contribution in [0.5, 0.6) is 5.75 Å². The Morgan fingerprint density at radius 1 is 1.10 bits per heavy atom. The third kappa shape index (κ3) is 5.06. The Labute approximate surface area is 203 Å². The Balaban J connectivity index is 1.41. The first-order chi connectivity index (χ1) is 15.0. The molecule has 0 spiro atoms. The number of hydrazone groups is 1. The number of rotatable bonds is 6. The molecule has 0 radical (unpaired) electrons. The first-order valence-corrected chi connectivity index (χ1v) is 11.5. The summed E-state index contributed by atoms with van der Waals surface area (Å²) in [4.78, 5) is 16.6. The van der Waals surface area contributed by atoms with Gasteiger partial charge in [0.05, 0.1) is 16.4 Å². The van der Waals surface area contributed by atoms with Crippen LogP contribution in [0.3, 0.4) is 0 Å². The predicted molar refractivity (Wildman–Crippen MR) is 132 cm³/mol. The molecular formula is C22H15Br3N4O2. The number of nitrogens with one attached hydrogen (secondary N) is 1. The van der Waals surface area contributed by atoms with E-state index < -0.39 is 0 Å². The number of carbonyl (C=O) groups excluding carboxylic acids is 1. The maximum Gasteiger partial charge on any atom is 0.277 e. The molecule has 4 rings (SSSR count). The van der Waals surface area contributed by atoms with Gasteiger partial charge in [-0.3, -0.25) is 9.78 Å². The van der Waals surface area contributed by atoms with Gasteiger partial charge in [-0.1, -0.05) is 37.9 Å². The van der Waals surface area contributed by atoms with Crippen LogP contribution in [0.25, 0.3) is 16.6 Å². The molecule has 0 aliphatic heterocycles. The summed E-state index contributed by atoms with van der Waals surface area (Å²) < 4.78 is 10.3. The molecule has 1 amide bonds. The molecule has 0 saturated carbocycles. The van der Waals surface area contributed by atoms with Gasteiger partial charge in [0.25, 0.3) is 5.91 Å². The number of aromatic nitrogens is 2. The first-order valence-electron chi connectivity index (χ1n) is 9.13. The van der Waals surface area contributed by atoms with Crippen LogP contribution >= 0.6 is 47.8 Å². The van der Waals surface area contributed by atoms with Gasteiger partial charge in [0.15, 0.2) is 12.4 Å². The summed E-state index contributed by atoms with van der Waals surface area (Å²) >= 11 is 10.4. The Kier molecular flexibility index (Phi) is 6.84. The second kappa shape index (κ2) is 9.76. The van der Waals surface area contributed by atoms with Gasteiger partial charge in [-0.2, -0.15) is 5.10 Å². The number of pyridine rings is 1. The van der Waals surface area contributed by atoms with E-state index in [0.29, 0.717) is 15.7 Å². The summed E-state index contributed by atoms with van der Waals surface area (Å²) in [6, 6.07) is 17.4. The summed E-state index contributed by atoms with van der Waals surface area (Å²) in [5.41, 5.74) is 4.97. The van der Waals surface area contributed by atoms with E-state index in [2.05, 4.69) is 63.3 Å². The highest BCUT2D eigenvalue weighted by molar-refractivity contribution is 9.11. The highest BCUT2D eigenvalue weighted by Crippen LogP contribution is 2.37. The summed E-state index contributed by atoms with van der Waals surface area (Å²) in [6.07, 6.45) is 5.20. The van der Waals surface area contributed by atoms with E-state index in [1.54, 1.807) is 12.4 Å².